The summed E-state index contributed by atoms with van der Waals surface area (Å²) >= 11 is 0. The Morgan fingerprint density at radius 2 is 1.79 bits per heavy atom. The van der Waals surface area contributed by atoms with Crippen molar-refractivity contribution >= 4 is 23.8 Å². The molecule has 2 saturated heterocycles. The second kappa shape index (κ2) is 9.02. The zero-order valence-electron chi connectivity index (χ0n) is 21.8. The first-order valence-corrected chi connectivity index (χ1v) is 12.2. The van der Waals surface area contributed by atoms with Gasteiger partial charge in [-0.15, -0.1) is 0 Å². The van der Waals surface area contributed by atoms with Gasteiger partial charge in [0, 0.05) is 31.1 Å². The number of hydrogen-bond acceptors (Lipinski definition) is 5. The molecule has 0 radical (unpaired) electrons. The van der Waals surface area contributed by atoms with Gasteiger partial charge < -0.3 is 20.9 Å². The first-order chi connectivity index (χ1) is 15.5. The molecule has 5 N–H and O–H groups in total. The van der Waals surface area contributed by atoms with Gasteiger partial charge in [0.25, 0.3) is 5.91 Å². The Balaban J connectivity index is 1.70. The average molecular weight is 479 g/mol. The minimum atomic E-state index is -0.785. The van der Waals surface area contributed by atoms with Crippen LogP contribution in [-0.2, 0) is 14.4 Å². The predicted molar refractivity (Wildman–Crippen MR) is 128 cm³/mol. The smallest absolute Gasteiger partial charge is 0.315 e. The molecule has 1 unspecified atom stereocenters. The van der Waals surface area contributed by atoms with Crippen LogP contribution < -0.4 is 26.8 Å². The van der Waals surface area contributed by atoms with Gasteiger partial charge in [-0.05, 0) is 49.9 Å². The fourth-order valence-corrected chi connectivity index (χ4v) is 5.30. The van der Waals surface area contributed by atoms with E-state index < -0.39 is 29.1 Å². The summed E-state index contributed by atoms with van der Waals surface area (Å²) in [5.74, 6) is -0.186. The van der Waals surface area contributed by atoms with Crippen molar-refractivity contribution < 1.29 is 19.2 Å². The summed E-state index contributed by atoms with van der Waals surface area (Å²) in [5.41, 5.74) is 4.69. The zero-order chi connectivity index (χ0) is 25.6. The lowest BCUT2D eigenvalue weighted by atomic mass is 9.85. The molecule has 0 bridgehead atoms. The second-order valence-electron chi connectivity index (χ2n) is 12.7. The van der Waals surface area contributed by atoms with Crippen LogP contribution in [0.4, 0.5) is 4.79 Å². The number of hydrogen-bond donors (Lipinski definition) is 5. The lowest BCUT2D eigenvalue weighted by Crippen LogP contribution is -2.62. The summed E-state index contributed by atoms with van der Waals surface area (Å²) in [4.78, 5) is 52.6. The van der Waals surface area contributed by atoms with Gasteiger partial charge in [0.15, 0.2) is 0 Å². The van der Waals surface area contributed by atoms with E-state index in [2.05, 4.69) is 40.6 Å². The van der Waals surface area contributed by atoms with Crippen molar-refractivity contribution in [3.63, 3.8) is 0 Å². The van der Waals surface area contributed by atoms with Crippen LogP contribution in [-0.4, -0.2) is 65.4 Å². The van der Waals surface area contributed by atoms with E-state index >= 15 is 0 Å². The van der Waals surface area contributed by atoms with E-state index in [4.69, 9.17) is 0 Å². The van der Waals surface area contributed by atoms with Crippen molar-refractivity contribution in [2.75, 3.05) is 13.1 Å². The van der Waals surface area contributed by atoms with E-state index in [-0.39, 0.29) is 41.0 Å². The fourth-order valence-electron chi connectivity index (χ4n) is 5.30. The third-order valence-corrected chi connectivity index (χ3v) is 7.28. The number of urea groups is 1. The molecule has 1 saturated carbocycles. The van der Waals surface area contributed by atoms with Gasteiger partial charge in [0.2, 0.25) is 11.8 Å². The summed E-state index contributed by atoms with van der Waals surface area (Å²) in [6.45, 7) is 16.5. The van der Waals surface area contributed by atoms with Crippen LogP contribution in [0.25, 0.3) is 0 Å². The summed E-state index contributed by atoms with van der Waals surface area (Å²) in [6.07, 6.45) is 1.22. The van der Waals surface area contributed by atoms with E-state index in [9.17, 15) is 19.2 Å². The highest BCUT2D eigenvalue weighted by molar-refractivity contribution is 5.93. The number of amides is 5. The molecule has 34 heavy (non-hydrogen) atoms. The SMILES string of the molecule is CC(C)(C)NC(=O)NC(C(=O)N1C[C@H]2[C@@H]([C@H]1C(=O)NNC[C@@H]1CCC(=O)N1)C2(C)C)C(C)(C)C. The molecular weight excluding hydrogens is 436 g/mol. The average Bonchev–Trinajstić information content (AvgIpc) is 3.06. The number of likely N-dealkylation sites (tertiary alicyclic amines) is 1. The van der Waals surface area contributed by atoms with Crippen molar-refractivity contribution in [2.45, 2.75) is 91.9 Å². The van der Waals surface area contributed by atoms with E-state index in [0.29, 0.717) is 19.5 Å². The van der Waals surface area contributed by atoms with Crippen LogP contribution in [0.2, 0.25) is 0 Å². The van der Waals surface area contributed by atoms with Gasteiger partial charge in [0.1, 0.15) is 12.1 Å². The normalized spacial score (nSPS) is 28.6. The van der Waals surface area contributed by atoms with Crippen LogP contribution in [0.3, 0.4) is 0 Å². The Labute approximate surface area is 202 Å². The molecule has 1 aliphatic carbocycles. The summed E-state index contributed by atoms with van der Waals surface area (Å²) < 4.78 is 0. The maximum Gasteiger partial charge on any atom is 0.315 e. The molecule has 2 heterocycles. The van der Waals surface area contributed by atoms with Crippen LogP contribution in [0.1, 0.15) is 68.2 Å². The van der Waals surface area contributed by atoms with Crippen molar-refractivity contribution in [1.29, 1.82) is 0 Å². The quantitative estimate of drug-likeness (QED) is 0.362. The fraction of sp³-hybridized carbons (Fsp3) is 0.833. The molecule has 3 aliphatic rings. The highest BCUT2D eigenvalue weighted by Gasteiger charge is 2.69. The van der Waals surface area contributed by atoms with Crippen LogP contribution in [0.15, 0.2) is 0 Å². The molecule has 2 aliphatic heterocycles. The number of fused-ring (bicyclic) bond motifs is 1. The topological polar surface area (TPSA) is 132 Å². The summed E-state index contributed by atoms with van der Waals surface area (Å²) in [5, 5.41) is 8.56. The maximum absolute atomic E-state index is 13.7. The molecule has 0 aromatic carbocycles. The molecule has 3 rings (SSSR count). The number of hydrazine groups is 1. The van der Waals surface area contributed by atoms with Gasteiger partial charge in [-0.3, -0.25) is 19.8 Å². The van der Waals surface area contributed by atoms with Crippen molar-refractivity contribution in [3.8, 4) is 0 Å². The zero-order valence-corrected chi connectivity index (χ0v) is 21.8. The first kappa shape index (κ1) is 26.2. The Morgan fingerprint density at radius 1 is 1.15 bits per heavy atom. The Hall–Kier alpha value is -2.36. The van der Waals surface area contributed by atoms with Crippen LogP contribution >= 0.6 is 0 Å². The highest BCUT2D eigenvalue weighted by atomic mass is 16.2. The van der Waals surface area contributed by atoms with Gasteiger partial charge in [-0.2, -0.15) is 0 Å². The standard InChI is InChI=1S/C24H42N6O4/c1-22(2,3)18(27-21(34)28-23(4,5)6)20(33)30-12-14-16(24(14,7)8)17(30)19(32)29-25-11-13-9-10-15(31)26-13/h13-14,16-18,25H,9-12H2,1-8H3,(H,26,31)(H,29,32)(H2,27,28,34)/t13-,14-,16-,17-,18?/m0/s1. The predicted octanol–water partition coefficient (Wildman–Crippen LogP) is 0.881. The molecule has 10 heteroatoms. The third-order valence-electron chi connectivity index (χ3n) is 7.28. The van der Waals surface area contributed by atoms with Crippen LogP contribution in [0.5, 0.6) is 0 Å². The number of nitrogens with one attached hydrogen (secondary N) is 5. The number of carbonyl (C=O) groups excluding carboxylic acids is 4. The minimum absolute atomic E-state index is 0.0180. The number of nitrogens with zero attached hydrogens (tertiary/aromatic N) is 1. The Morgan fingerprint density at radius 3 is 2.32 bits per heavy atom. The van der Waals surface area contributed by atoms with E-state index in [0.717, 1.165) is 6.42 Å². The maximum atomic E-state index is 13.7. The molecule has 0 aromatic heterocycles. The summed E-state index contributed by atoms with van der Waals surface area (Å²) in [6, 6.07) is -1.83. The van der Waals surface area contributed by atoms with Crippen molar-refractivity contribution in [3.05, 3.63) is 0 Å². The van der Waals surface area contributed by atoms with Gasteiger partial charge in [0.05, 0.1) is 0 Å². The largest absolute Gasteiger partial charge is 0.352 e. The third kappa shape index (κ3) is 5.64. The van der Waals surface area contributed by atoms with Crippen molar-refractivity contribution in [1.82, 2.24) is 31.7 Å². The van der Waals surface area contributed by atoms with E-state index in [1.807, 2.05) is 41.5 Å². The molecular formula is C24H42N6O4. The molecule has 3 fully saturated rings. The molecule has 5 atom stereocenters. The van der Waals surface area contributed by atoms with Crippen LogP contribution in [0, 0.1) is 22.7 Å². The minimum Gasteiger partial charge on any atom is -0.352 e. The summed E-state index contributed by atoms with van der Waals surface area (Å²) in [7, 11) is 0. The molecule has 0 spiro atoms. The number of piperidine rings is 1. The van der Waals surface area contributed by atoms with E-state index in [1.165, 1.54) is 0 Å². The Bertz CT molecular complexity index is 843. The Kier molecular flexibility index (Phi) is 6.96. The molecule has 10 nitrogen and oxygen atoms in total. The second-order valence-corrected chi connectivity index (χ2v) is 12.7. The number of rotatable bonds is 6. The van der Waals surface area contributed by atoms with Gasteiger partial charge in [-0.1, -0.05) is 34.6 Å². The lowest BCUT2D eigenvalue weighted by Gasteiger charge is -2.38. The van der Waals surface area contributed by atoms with Gasteiger partial charge in [-0.25, -0.2) is 10.2 Å². The van der Waals surface area contributed by atoms with E-state index in [1.54, 1.807) is 4.90 Å². The molecule has 5 amide bonds. The molecule has 192 valence electrons. The molecule has 0 aromatic rings. The monoisotopic (exact) mass is 478 g/mol. The lowest BCUT2D eigenvalue weighted by molar-refractivity contribution is -0.144. The number of carbonyl (C=O) groups is 4. The van der Waals surface area contributed by atoms with Crippen molar-refractivity contribution in [2.24, 2.45) is 22.7 Å². The van der Waals surface area contributed by atoms with Gasteiger partial charge >= 0.3 is 6.03 Å². The highest BCUT2D eigenvalue weighted by Crippen LogP contribution is 2.65. The first-order valence-electron chi connectivity index (χ1n) is 12.2.